The molecule has 112 valence electrons. The van der Waals surface area contributed by atoms with Gasteiger partial charge in [-0.05, 0) is 48.1 Å². The first kappa shape index (κ1) is 14.5. The molecule has 1 heterocycles. The number of nitrogens with two attached hydrogens (primary N) is 1. The van der Waals surface area contributed by atoms with Gasteiger partial charge in [-0.1, -0.05) is 44.9 Å². The molecule has 1 aromatic heterocycles. The summed E-state index contributed by atoms with van der Waals surface area (Å²) in [7, 11) is 0. The molecule has 1 aliphatic rings. The Morgan fingerprint density at radius 2 is 2.19 bits per heavy atom. The molecule has 2 nitrogen and oxygen atoms in total. The van der Waals surface area contributed by atoms with E-state index in [1.54, 1.807) is 0 Å². The van der Waals surface area contributed by atoms with Gasteiger partial charge in [0.25, 0.3) is 0 Å². The van der Waals surface area contributed by atoms with Crippen LogP contribution in [0.3, 0.4) is 0 Å². The topological polar surface area (TPSA) is 38.9 Å². The molecule has 2 unspecified atom stereocenters. The Morgan fingerprint density at radius 1 is 1.33 bits per heavy atom. The minimum atomic E-state index is -0.180. The first-order valence-corrected chi connectivity index (χ1v) is 8.20. The molecule has 0 bridgehead atoms. The predicted octanol–water partition coefficient (Wildman–Crippen LogP) is 4.63. The monoisotopic (exact) mass is 282 g/mol. The van der Waals surface area contributed by atoms with Gasteiger partial charge in [0, 0.05) is 23.3 Å². The summed E-state index contributed by atoms with van der Waals surface area (Å²) in [5.41, 5.74) is 8.00. The number of pyridine rings is 1. The Balaban J connectivity index is 1.96. The van der Waals surface area contributed by atoms with E-state index in [9.17, 15) is 0 Å². The second-order valence-electron chi connectivity index (χ2n) is 7.15. The van der Waals surface area contributed by atoms with Gasteiger partial charge in [-0.25, -0.2) is 0 Å². The summed E-state index contributed by atoms with van der Waals surface area (Å²) >= 11 is 0. The molecule has 2 heteroatoms. The number of hydrogen-bond donors (Lipinski definition) is 1. The molecule has 1 saturated carbocycles. The van der Waals surface area contributed by atoms with Gasteiger partial charge >= 0.3 is 0 Å². The van der Waals surface area contributed by atoms with Crippen LogP contribution in [0.4, 0.5) is 0 Å². The molecule has 0 saturated heterocycles. The number of rotatable bonds is 3. The zero-order chi connectivity index (χ0) is 14.9. The molecule has 2 aromatic rings. The van der Waals surface area contributed by atoms with Gasteiger partial charge in [0.1, 0.15) is 0 Å². The van der Waals surface area contributed by atoms with Crippen LogP contribution in [0.1, 0.15) is 51.5 Å². The van der Waals surface area contributed by atoms with E-state index < -0.39 is 0 Å². The van der Waals surface area contributed by atoms with Gasteiger partial charge in [0.2, 0.25) is 0 Å². The lowest BCUT2D eigenvalue weighted by molar-refractivity contribution is 0.203. The van der Waals surface area contributed by atoms with Crippen molar-refractivity contribution in [1.29, 1.82) is 0 Å². The molecule has 21 heavy (non-hydrogen) atoms. The van der Waals surface area contributed by atoms with Crippen molar-refractivity contribution in [2.75, 3.05) is 0 Å². The molecule has 1 aromatic carbocycles. The van der Waals surface area contributed by atoms with E-state index >= 15 is 0 Å². The highest BCUT2D eigenvalue weighted by atomic mass is 14.8. The molecule has 1 aliphatic carbocycles. The standard InChI is InChI=1S/C19H26N2/c1-14(2)11-15-5-4-9-19(20,12-15)18-7-3-6-16-8-10-21-13-17(16)18/h3,6-8,10,13-15H,4-5,9,11-12,20H2,1-2H3. The Labute approximate surface area is 127 Å². The van der Waals surface area contributed by atoms with Crippen LogP contribution < -0.4 is 5.73 Å². The third kappa shape index (κ3) is 2.96. The van der Waals surface area contributed by atoms with Crippen molar-refractivity contribution in [3.8, 4) is 0 Å². The average molecular weight is 282 g/mol. The molecule has 0 radical (unpaired) electrons. The smallest absolute Gasteiger partial charge is 0.0419 e. The van der Waals surface area contributed by atoms with E-state index in [2.05, 4.69) is 43.1 Å². The second kappa shape index (κ2) is 5.76. The zero-order valence-electron chi connectivity index (χ0n) is 13.2. The second-order valence-corrected chi connectivity index (χ2v) is 7.15. The van der Waals surface area contributed by atoms with Crippen molar-refractivity contribution < 1.29 is 0 Å². The third-order valence-electron chi connectivity index (χ3n) is 4.91. The van der Waals surface area contributed by atoms with Crippen molar-refractivity contribution in [2.24, 2.45) is 17.6 Å². The fourth-order valence-corrected chi connectivity index (χ4v) is 4.09. The maximum absolute atomic E-state index is 6.88. The average Bonchev–Trinajstić information content (AvgIpc) is 2.46. The maximum Gasteiger partial charge on any atom is 0.0419 e. The molecule has 0 amide bonds. The van der Waals surface area contributed by atoms with Crippen LogP contribution in [0.25, 0.3) is 10.8 Å². The Hall–Kier alpha value is -1.41. The molecule has 2 atom stereocenters. The summed E-state index contributed by atoms with van der Waals surface area (Å²) in [5, 5.41) is 2.48. The molecule has 3 rings (SSSR count). The van der Waals surface area contributed by atoms with Gasteiger partial charge < -0.3 is 5.73 Å². The quantitative estimate of drug-likeness (QED) is 0.891. The first-order chi connectivity index (χ1) is 10.1. The van der Waals surface area contributed by atoms with Crippen LogP contribution in [0.15, 0.2) is 36.7 Å². The van der Waals surface area contributed by atoms with Gasteiger partial charge in [0.15, 0.2) is 0 Å². The fraction of sp³-hybridized carbons (Fsp3) is 0.526. The highest BCUT2D eigenvalue weighted by Crippen LogP contribution is 2.42. The Bertz CT molecular complexity index is 614. The van der Waals surface area contributed by atoms with E-state index in [0.29, 0.717) is 0 Å². The molecule has 0 spiro atoms. The third-order valence-corrected chi connectivity index (χ3v) is 4.91. The highest BCUT2D eigenvalue weighted by Gasteiger charge is 2.35. The lowest BCUT2D eigenvalue weighted by Gasteiger charge is -2.39. The van der Waals surface area contributed by atoms with Crippen molar-refractivity contribution in [2.45, 2.75) is 51.5 Å². The minimum Gasteiger partial charge on any atom is -0.321 e. The number of fused-ring (bicyclic) bond motifs is 1. The van der Waals surface area contributed by atoms with E-state index in [4.69, 9.17) is 5.73 Å². The largest absolute Gasteiger partial charge is 0.321 e. The summed E-state index contributed by atoms with van der Waals surface area (Å²) in [5.74, 6) is 1.52. The molecule has 0 aliphatic heterocycles. The summed E-state index contributed by atoms with van der Waals surface area (Å²) in [4.78, 5) is 4.31. The molecular weight excluding hydrogens is 256 g/mol. The van der Waals surface area contributed by atoms with Crippen molar-refractivity contribution >= 4 is 10.8 Å². The molecular formula is C19H26N2. The number of hydrogen-bond acceptors (Lipinski definition) is 2. The van der Waals surface area contributed by atoms with Gasteiger partial charge in [0.05, 0.1) is 0 Å². The summed E-state index contributed by atoms with van der Waals surface area (Å²) in [6.45, 7) is 4.63. The Kier molecular flexibility index (Phi) is 3.99. The summed E-state index contributed by atoms with van der Waals surface area (Å²) in [6.07, 6.45) is 9.91. The molecule has 1 fully saturated rings. The van der Waals surface area contributed by atoms with Gasteiger partial charge in [-0.2, -0.15) is 0 Å². The van der Waals surface area contributed by atoms with E-state index in [1.165, 1.54) is 35.6 Å². The lowest BCUT2D eigenvalue weighted by atomic mass is 9.70. The zero-order valence-corrected chi connectivity index (χ0v) is 13.2. The van der Waals surface area contributed by atoms with Crippen molar-refractivity contribution in [1.82, 2.24) is 4.98 Å². The van der Waals surface area contributed by atoms with Gasteiger partial charge in [-0.15, -0.1) is 0 Å². The van der Waals surface area contributed by atoms with Crippen LogP contribution >= 0.6 is 0 Å². The van der Waals surface area contributed by atoms with Crippen molar-refractivity contribution in [3.05, 3.63) is 42.2 Å². The lowest BCUT2D eigenvalue weighted by Crippen LogP contribution is -2.41. The van der Waals surface area contributed by atoms with E-state index in [-0.39, 0.29) is 5.54 Å². The minimum absolute atomic E-state index is 0.180. The van der Waals surface area contributed by atoms with Crippen LogP contribution in [-0.4, -0.2) is 4.98 Å². The highest BCUT2D eigenvalue weighted by molar-refractivity contribution is 5.85. The first-order valence-electron chi connectivity index (χ1n) is 8.20. The SMILES string of the molecule is CC(C)CC1CCCC(N)(c2cccc3ccncc23)C1. The van der Waals surface area contributed by atoms with Crippen LogP contribution in [-0.2, 0) is 5.54 Å². The molecule has 2 N–H and O–H groups in total. The predicted molar refractivity (Wildman–Crippen MR) is 89.0 cm³/mol. The van der Waals surface area contributed by atoms with Gasteiger partial charge in [-0.3, -0.25) is 4.98 Å². The Morgan fingerprint density at radius 3 is 3.00 bits per heavy atom. The summed E-state index contributed by atoms with van der Waals surface area (Å²) < 4.78 is 0. The van der Waals surface area contributed by atoms with Crippen LogP contribution in [0, 0.1) is 11.8 Å². The number of aromatic nitrogens is 1. The number of benzene rings is 1. The summed E-state index contributed by atoms with van der Waals surface area (Å²) in [6, 6.07) is 8.58. The van der Waals surface area contributed by atoms with Crippen LogP contribution in [0.2, 0.25) is 0 Å². The maximum atomic E-state index is 6.88. The van der Waals surface area contributed by atoms with Crippen LogP contribution in [0.5, 0.6) is 0 Å². The van der Waals surface area contributed by atoms with Crippen molar-refractivity contribution in [3.63, 3.8) is 0 Å². The number of nitrogens with zero attached hydrogens (tertiary/aromatic N) is 1. The van der Waals surface area contributed by atoms with E-state index in [0.717, 1.165) is 24.7 Å². The van der Waals surface area contributed by atoms with E-state index in [1.807, 2.05) is 12.4 Å². The fourth-order valence-electron chi connectivity index (χ4n) is 4.09. The normalized spacial score (nSPS) is 26.4.